The second-order valence-corrected chi connectivity index (χ2v) is 8.02. The molecule has 0 radical (unpaired) electrons. The molecule has 2 aromatic rings. The van der Waals surface area contributed by atoms with Crippen LogP contribution in [0.25, 0.3) is 0 Å². The minimum atomic E-state index is 0.0572. The third kappa shape index (κ3) is 3.86. The molecule has 152 valence electrons. The van der Waals surface area contributed by atoms with Crippen molar-refractivity contribution < 1.29 is 14.3 Å². The Labute approximate surface area is 170 Å². The molecular formula is C22H26N4O3. The summed E-state index contributed by atoms with van der Waals surface area (Å²) in [5, 5.41) is 3.20. The van der Waals surface area contributed by atoms with Crippen molar-refractivity contribution in [2.75, 3.05) is 24.8 Å². The summed E-state index contributed by atoms with van der Waals surface area (Å²) in [6.45, 7) is 2.08. The number of hydrogen-bond acceptors (Lipinski definition) is 6. The average molecular weight is 394 g/mol. The Kier molecular flexibility index (Phi) is 4.96. The van der Waals surface area contributed by atoms with E-state index in [9.17, 15) is 4.79 Å². The molecule has 5 rings (SSSR count). The monoisotopic (exact) mass is 394 g/mol. The smallest absolute Gasteiger partial charge is 0.231 e. The second-order valence-electron chi connectivity index (χ2n) is 8.02. The van der Waals surface area contributed by atoms with Gasteiger partial charge in [-0.2, -0.15) is 0 Å². The Bertz CT molecular complexity index is 909. The Morgan fingerprint density at radius 2 is 1.93 bits per heavy atom. The van der Waals surface area contributed by atoms with E-state index in [1.165, 1.54) is 24.1 Å². The van der Waals surface area contributed by atoms with Gasteiger partial charge in [0.15, 0.2) is 11.5 Å². The fraction of sp³-hybridized carbons (Fsp3) is 0.500. The number of nitrogens with zero attached hydrogens (tertiary/aromatic N) is 3. The summed E-state index contributed by atoms with van der Waals surface area (Å²) in [5.41, 5.74) is 3.50. The van der Waals surface area contributed by atoms with Crippen LogP contribution in [0, 0.1) is 0 Å². The molecule has 1 fully saturated rings. The van der Waals surface area contributed by atoms with Gasteiger partial charge in [-0.05, 0) is 56.2 Å². The van der Waals surface area contributed by atoms with Crippen molar-refractivity contribution in [3.8, 4) is 11.5 Å². The molecular weight excluding hydrogens is 368 g/mol. The van der Waals surface area contributed by atoms with Gasteiger partial charge in [0.1, 0.15) is 12.1 Å². The zero-order valence-electron chi connectivity index (χ0n) is 16.5. The first-order valence-electron chi connectivity index (χ1n) is 10.5. The van der Waals surface area contributed by atoms with Crippen LogP contribution in [0.15, 0.2) is 24.5 Å². The molecule has 1 aliphatic carbocycles. The van der Waals surface area contributed by atoms with Gasteiger partial charge in [0, 0.05) is 30.4 Å². The first kappa shape index (κ1) is 18.2. The number of aromatic nitrogens is 2. The van der Waals surface area contributed by atoms with Gasteiger partial charge in [0.05, 0.1) is 6.42 Å². The first-order chi connectivity index (χ1) is 14.3. The molecule has 3 heterocycles. The molecule has 2 aliphatic heterocycles. The number of hydrogen-bond donors (Lipinski definition) is 1. The van der Waals surface area contributed by atoms with Gasteiger partial charge in [-0.1, -0.05) is 6.07 Å². The molecule has 1 aromatic heterocycles. The molecule has 1 aromatic carbocycles. The van der Waals surface area contributed by atoms with Crippen molar-refractivity contribution in [1.29, 1.82) is 0 Å². The van der Waals surface area contributed by atoms with Gasteiger partial charge in [0.2, 0.25) is 12.7 Å². The summed E-state index contributed by atoms with van der Waals surface area (Å²) in [6.07, 6.45) is 8.53. The number of carbonyl (C=O) groups excluding carboxylic acids is 1. The van der Waals surface area contributed by atoms with E-state index in [0.717, 1.165) is 61.7 Å². The normalized spacial score (nSPS) is 18.4. The van der Waals surface area contributed by atoms with Crippen molar-refractivity contribution in [1.82, 2.24) is 15.3 Å². The maximum absolute atomic E-state index is 12.5. The molecule has 0 unspecified atom stereocenters. The molecule has 0 spiro atoms. The summed E-state index contributed by atoms with van der Waals surface area (Å²) in [6, 6.07) is 5.90. The first-order valence-corrected chi connectivity index (χ1v) is 10.5. The number of amides is 1. The van der Waals surface area contributed by atoms with E-state index >= 15 is 0 Å². The molecule has 3 aliphatic rings. The molecule has 1 saturated heterocycles. The van der Waals surface area contributed by atoms with E-state index in [0.29, 0.717) is 6.42 Å². The Balaban J connectivity index is 1.16. The maximum atomic E-state index is 12.5. The lowest BCUT2D eigenvalue weighted by molar-refractivity contribution is -0.121. The van der Waals surface area contributed by atoms with Gasteiger partial charge in [0.25, 0.3) is 0 Å². The highest BCUT2D eigenvalue weighted by molar-refractivity contribution is 5.79. The van der Waals surface area contributed by atoms with Crippen LogP contribution in [0.5, 0.6) is 11.5 Å². The largest absolute Gasteiger partial charge is 0.454 e. The van der Waals surface area contributed by atoms with Crippen LogP contribution in [-0.2, 0) is 24.1 Å². The van der Waals surface area contributed by atoms with Crippen LogP contribution in [0.4, 0.5) is 5.82 Å². The van der Waals surface area contributed by atoms with Gasteiger partial charge < -0.3 is 19.7 Å². The summed E-state index contributed by atoms with van der Waals surface area (Å²) in [4.78, 5) is 23.9. The number of ether oxygens (including phenoxy) is 2. The third-order valence-corrected chi connectivity index (χ3v) is 6.06. The highest BCUT2D eigenvalue weighted by Crippen LogP contribution is 2.33. The van der Waals surface area contributed by atoms with Gasteiger partial charge in [-0.25, -0.2) is 9.97 Å². The Hall–Kier alpha value is -2.83. The quantitative estimate of drug-likeness (QED) is 0.858. The number of carbonyl (C=O) groups is 1. The summed E-state index contributed by atoms with van der Waals surface area (Å²) >= 11 is 0. The highest BCUT2D eigenvalue weighted by Gasteiger charge is 2.25. The van der Waals surface area contributed by atoms with Crippen LogP contribution in [0.1, 0.15) is 42.5 Å². The predicted octanol–water partition coefficient (Wildman–Crippen LogP) is 2.41. The maximum Gasteiger partial charge on any atom is 0.231 e. The number of aryl methyl sites for hydroxylation is 1. The zero-order valence-corrected chi connectivity index (χ0v) is 16.5. The molecule has 7 nitrogen and oxygen atoms in total. The van der Waals surface area contributed by atoms with Crippen molar-refractivity contribution >= 4 is 11.7 Å². The SMILES string of the molecule is O=C(Cc1ccc2c(c1)OCO2)NC1CCN(c2ncnc3c2CCCC3)CC1. The summed E-state index contributed by atoms with van der Waals surface area (Å²) in [7, 11) is 0. The number of piperidine rings is 1. The van der Waals surface area contributed by atoms with Crippen LogP contribution < -0.4 is 19.7 Å². The van der Waals surface area contributed by atoms with E-state index in [1.807, 2.05) is 18.2 Å². The van der Waals surface area contributed by atoms with Crippen LogP contribution in [0.2, 0.25) is 0 Å². The zero-order chi connectivity index (χ0) is 19.6. The predicted molar refractivity (Wildman–Crippen MR) is 108 cm³/mol. The number of fused-ring (bicyclic) bond motifs is 2. The van der Waals surface area contributed by atoms with E-state index in [4.69, 9.17) is 9.47 Å². The fourth-order valence-corrected chi connectivity index (χ4v) is 4.53. The molecule has 0 saturated carbocycles. The lowest BCUT2D eigenvalue weighted by Crippen LogP contribution is -2.45. The van der Waals surface area contributed by atoms with Crippen molar-refractivity contribution in [3.63, 3.8) is 0 Å². The number of anilines is 1. The number of rotatable bonds is 4. The highest BCUT2D eigenvalue weighted by atomic mass is 16.7. The van der Waals surface area contributed by atoms with Gasteiger partial charge in [-0.15, -0.1) is 0 Å². The molecule has 29 heavy (non-hydrogen) atoms. The van der Waals surface area contributed by atoms with E-state index in [2.05, 4.69) is 20.2 Å². The Morgan fingerprint density at radius 1 is 1.10 bits per heavy atom. The third-order valence-electron chi connectivity index (χ3n) is 6.06. The van der Waals surface area contributed by atoms with Crippen LogP contribution in [-0.4, -0.2) is 41.8 Å². The Morgan fingerprint density at radius 3 is 2.83 bits per heavy atom. The molecule has 0 atom stereocenters. The van der Waals surface area contributed by atoms with Gasteiger partial charge >= 0.3 is 0 Å². The van der Waals surface area contributed by atoms with E-state index in [1.54, 1.807) is 6.33 Å². The van der Waals surface area contributed by atoms with Crippen molar-refractivity contribution in [2.24, 2.45) is 0 Å². The molecule has 1 amide bonds. The van der Waals surface area contributed by atoms with Gasteiger partial charge in [-0.3, -0.25) is 4.79 Å². The molecule has 1 N–H and O–H groups in total. The fourth-order valence-electron chi connectivity index (χ4n) is 4.53. The average Bonchev–Trinajstić information content (AvgIpc) is 3.22. The summed E-state index contributed by atoms with van der Waals surface area (Å²) in [5.74, 6) is 2.63. The number of nitrogens with one attached hydrogen (secondary N) is 1. The topological polar surface area (TPSA) is 76.6 Å². The summed E-state index contributed by atoms with van der Waals surface area (Å²) < 4.78 is 10.7. The lowest BCUT2D eigenvalue weighted by atomic mass is 9.95. The molecule has 0 bridgehead atoms. The van der Waals surface area contributed by atoms with Crippen molar-refractivity contribution in [3.05, 3.63) is 41.3 Å². The van der Waals surface area contributed by atoms with E-state index < -0.39 is 0 Å². The lowest BCUT2D eigenvalue weighted by Gasteiger charge is -2.35. The second kappa shape index (κ2) is 7.89. The minimum absolute atomic E-state index is 0.0572. The minimum Gasteiger partial charge on any atom is -0.454 e. The number of benzene rings is 1. The van der Waals surface area contributed by atoms with Crippen LogP contribution in [0.3, 0.4) is 0 Å². The van der Waals surface area contributed by atoms with Crippen molar-refractivity contribution in [2.45, 2.75) is 51.0 Å². The molecule has 7 heteroatoms. The standard InChI is InChI=1S/C22H26N4O3/c27-21(12-15-5-6-19-20(11-15)29-14-28-19)25-16-7-9-26(10-8-16)22-17-3-1-2-4-18(17)23-13-24-22/h5-6,11,13,16H,1-4,7-10,12,14H2,(H,25,27). The van der Waals surface area contributed by atoms with Crippen LogP contribution >= 0.6 is 0 Å². The van der Waals surface area contributed by atoms with E-state index in [-0.39, 0.29) is 18.7 Å².